The number of hydrogen-bond acceptors (Lipinski definition) is 5. The smallest absolute Gasteiger partial charge is 0.348 e. The van der Waals surface area contributed by atoms with Crippen molar-refractivity contribution in [1.29, 1.82) is 5.26 Å². The van der Waals surface area contributed by atoms with Crippen molar-refractivity contribution in [3.8, 4) is 6.07 Å². The summed E-state index contributed by atoms with van der Waals surface area (Å²) in [6, 6.07) is 9.16. The molecule has 0 amide bonds. The molecule has 1 aromatic carbocycles. The number of rotatable bonds is 3. The summed E-state index contributed by atoms with van der Waals surface area (Å²) in [5.41, 5.74) is 7.66. The Hall–Kier alpha value is -3.03. The van der Waals surface area contributed by atoms with Crippen LogP contribution in [0.5, 0.6) is 0 Å². The number of anilines is 1. The predicted octanol–water partition coefficient (Wildman–Crippen LogP) is 1.20. The number of nitrogens with zero attached hydrogens (tertiary/aromatic N) is 3. The van der Waals surface area contributed by atoms with Gasteiger partial charge < -0.3 is 11.1 Å². The number of H-pyrrole nitrogens is 2. The first-order chi connectivity index (χ1) is 11.5. The van der Waals surface area contributed by atoms with E-state index < -0.39 is 5.69 Å². The molecule has 2 heterocycles. The van der Waals surface area contributed by atoms with E-state index in [9.17, 15) is 4.79 Å². The molecule has 0 aliphatic carbocycles. The third kappa shape index (κ3) is 3.03. The van der Waals surface area contributed by atoms with Crippen LogP contribution in [0.1, 0.15) is 16.7 Å². The van der Waals surface area contributed by atoms with Gasteiger partial charge in [-0.2, -0.15) is 14.8 Å². The van der Waals surface area contributed by atoms with Crippen molar-refractivity contribution in [1.82, 2.24) is 19.6 Å². The summed E-state index contributed by atoms with van der Waals surface area (Å²) in [7, 11) is 0. The van der Waals surface area contributed by atoms with Gasteiger partial charge in [-0.3, -0.25) is 10.1 Å². The fourth-order valence-corrected chi connectivity index (χ4v) is 2.59. The first-order valence-electron chi connectivity index (χ1n) is 6.77. The lowest BCUT2D eigenvalue weighted by Crippen LogP contribution is -2.21. The number of thiocarbonyl (C=S) groups is 1. The van der Waals surface area contributed by atoms with Crippen molar-refractivity contribution in [2.45, 2.75) is 6.42 Å². The van der Waals surface area contributed by atoms with Crippen LogP contribution in [-0.2, 0) is 6.42 Å². The Kier molecular flexibility index (Phi) is 4.11. The fraction of sp³-hybridized carbons (Fsp3) is 0.0714. The van der Waals surface area contributed by atoms with Crippen LogP contribution in [0.15, 0.2) is 29.1 Å². The zero-order valence-electron chi connectivity index (χ0n) is 12.2. The molecule has 0 spiro atoms. The quantitative estimate of drug-likeness (QED) is 0.519. The molecule has 0 bridgehead atoms. The molecule has 0 atom stereocenters. The van der Waals surface area contributed by atoms with Crippen LogP contribution in [0.25, 0.3) is 5.65 Å². The predicted molar refractivity (Wildman–Crippen MR) is 95.4 cm³/mol. The minimum atomic E-state index is -0.443. The molecule has 0 unspecified atom stereocenters. The minimum Gasteiger partial charge on any atom is -0.376 e. The number of aromatic nitrogens is 4. The summed E-state index contributed by atoms with van der Waals surface area (Å²) >= 11 is 9.85. The van der Waals surface area contributed by atoms with Gasteiger partial charge in [-0.25, -0.2) is 4.79 Å². The average Bonchev–Trinajstić information content (AvgIpc) is 2.86. The number of hydrogen-bond donors (Lipinski definition) is 4. The van der Waals surface area contributed by atoms with Crippen LogP contribution in [0.4, 0.5) is 5.82 Å². The van der Waals surface area contributed by atoms with Crippen molar-refractivity contribution in [3.63, 3.8) is 0 Å². The highest BCUT2D eigenvalue weighted by Crippen LogP contribution is 2.21. The van der Waals surface area contributed by atoms with Crippen LogP contribution in [0.3, 0.4) is 0 Å². The lowest BCUT2D eigenvalue weighted by Gasteiger charge is -2.05. The minimum absolute atomic E-state index is 0.0539. The second-order valence-electron chi connectivity index (χ2n) is 4.95. The molecular formula is C14H11N7OS2. The highest BCUT2D eigenvalue weighted by atomic mass is 32.1. The molecule has 0 radical (unpaired) electrons. The maximum Gasteiger partial charge on any atom is 0.348 e. The first-order valence-corrected chi connectivity index (χ1v) is 7.59. The third-order valence-corrected chi connectivity index (χ3v) is 3.64. The number of nitrogens with two attached hydrogens (primary N) is 1. The summed E-state index contributed by atoms with van der Waals surface area (Å²) in [5.74, 6) is 0.463. The first kappa shape index (κ1) is 15.9. The van der Waals surface area contributed by atoms with Crippen molar-refractivity contribution in [2.24, 2.45) is 5.73 Å². The molecule has 3 rings (SSSR count). The number of nitriles is 1. The molecule has 5 N–H and O–H groups in total. The Morgan fingerprint density at radius 2 is 2.12 bits per heavy atom. The summed E-state index contributed by atoms with van der Waals surface area (Å²) in [6.45, 7) is 0. The average molecular weight is 357 g/mol. The van der Waals surface area contributed by atoms with Crippen LogP contribution in [0.2, 0.25) is 0 Å². The zero-order chi connectivity index (χ0) is 17.3. The van der Waals surface area contributed by atoms with Crippen LogP contribution < -0.4 is 16.7 Å². The largest absolute Gasteiger partial charge is 0.376 e. The van der Waals surface area contributed by atoms with E-state index in [1.165, 1.54) is 4.52 Å². The van der Waals surface area contributed by atoms with Gasteiger partial charge in [-0.1, -0.05) is 12.1 Å². The van der Waals surface area contributed by atoms with Gasteiger partial charge in [0.05, 0.1) is 11.6 Å². The Morgan fingerprint density at radius 1 is 1.42 bits per heavy atom. The maximum atomic E-state index is 12.0. The van der Waals surface area contributed by atoms with Crippen LogP contribution in [0, 0.1) is 16.1 Å². The molecule has 24 heavy (non-hydrogen) atoms. The van der Waals surface area contributed by atoms with E-state index in [1.54, 1.807) is 12.1 Å². The third-order valence-electron chi connectivity index (χ3n) is 3.34. The van der Waals surface area contributed by atoms with Gasteiger partial charge in [-0.15, -0.1) is 0 Å². The molecule has 0 aliphatic heterocycles. The van der Waals surface area contributed by atoms with Gasteiger partial charge in [0, 0.05) is 12.0 Å². The number of benzene rings is 1. The summed E-state index contributed by atoms with van der Waals surface area (Å²) < 4.78 is 1.32. The summed E-state index contributed by atoms with van der Waals surface area (Å²) in [6.07, 6.45) is 0.439. The fourth-order valence-electron chi connectivity index (χ4n) is 2.31. The molecule has 0 saturated heterocycles. The molecule has 2 aromatic heterocycles. The van der Waals surface area contributed by atoms with Gasteiger partial charge in [0.2, 0.25) is 4.77 Å². The lowest BCUT2D eigenvalue weighted by molar-refractivity contribution is 0.836. The van der Waals surface area contributed by atoms with E-state index in [0.29, 0.717) is 29.0 Å². The van der Waals surface area contributed by atoms with Crippen LogP contribution in [-0.4, -0.2) is 24.7 Å². The van der Waals surface area contributed by atoms with Crippen LogP contribution >= 0.6 is 24.4 Å². The molecule has 10 heteroatoms. The molecule has 120 valence electrons. The molecule has 8 nitrogen and oxygen atoms in total. The number of aromatic amines is 2. The lowest BCUT2D eigenvalue weighted by atomic mass is 10.1. The monoisotopic (exact) mass is 357 g/mol. The van der Waals surface area contributed by atoms with E-state index in [2.05, 4.69) is 26.5 Å². The second kappa shape index (κ2) is 6.23. The van der Waals surface area contributed by atoms with Crippen molar-refractivity contribution < 1.29 is 0 Å². The topological polar surface area (TPSA) is 128 Å². The zero-order valence-corrected chi connectivity index (χ0v) is 13.8. The van der Waals surface area contributed by atoms with E-state index in [1.807, 2.05) is 12.1 Å². The molecule has 0 fully saturated rings. The molecule has 0 saturated carbocycles. The molecular weight excluding hydrogens is 346 g/mol. The second-order valence-corrected chi connectivity index (χ2v) is 5.77. The van der Waals surface area contributed by atoms with E-state index in [-0.39, 0.29) is 9.88 Å². The SMILES string of the molecule is N#Cc1ccc(Cc2c(NC(N)=S)[nH]n3c(=O)[nH]c(=S)nc23)cc1. The van der Waals surface area contributed by atoms with E-state index >= 15 is 0 Å². The maximum absolute atomic E-state index is 12.0. The van der Waals surface area contributed by atoms with Crippen molar-refractivity contribution >= 4 is 41.0 Å². The highest BCUT2D eigenvalue weighted by Gasteiger charge is 2.15. The number of nitrogens with one attached hydrogen (secondary N) is 3. The Balaban J connectivity index is 2.16. The standard InChI is InChI=1S/C14H11N7OS2/c15-6-8-3-1-7(2-4-8)5-9-10(17-12(16)23)20-21-11(9)18-13(24)19-14(21)22/h1-4,20H,5H2,(H3,16,17,23)(H,19,22,24). The van der Waals surface area contributed by atoms with Crippen molar-refractivity contribution in [3.05, 3.63) is 56.2 Å². The Morgan fingerprint density at radius 3 is 2.75 bits per heavy atom. The van der Waals surface area contributed by atoms with Gasteiger partial charge in [0.1, 0.15) is 5.82 Å². The van der Waals surface area contributed by atoms with E-state index in [4.69, 9.17) is 35.4 Å². The highest BCUT2D eigenvalue weighted by molar-refractivity contribution is 7.80. The molecule has 3 aromatic rings. The van der Waals surface area contributed by atoms with Crippen molar-refractivity contribution in [2.75, 3.05) is 5.32 Å². The Bertz CT molecular complexity index is 1090. The van der Waals surface area contributed by atoms with Gasteiger partial charge >= 0.3 is 5.69 Å². The summed E-state index contributed by atoms with van der Waals surface area (Å²) in [5, 5.41) is 14.6. The van der Waals surface area contributed by atoms with Gasteiger partial charge in [-0.05, 0) is 42.1 Å². The Labute approximate surface area is 145 Å². The van der Waals surface area contributed by atoms with E-state index in [0.717, 1.165) is 5.56 Å². The summed E-state index contributed by atoms with van der Waals surface area (Å²) in [4.78, 5) is 18.7. The van der Waals surface area contributed by atoms with Gasteiger partial charge in [0.15, 0.2) is 10.8 Å². The molecule has 0 aliphatic rings. The normalized spacial score (nSPS) is 10.5. The number of fused-ring (bicyclic) bond motifs is 1. The van der Waals surface area contributed by atoms with Gasteiger partial charge in [0.25, 0.3) is 0 Å².